The van der Waals surface area contributed by atoms with Crippen LogP contribution in [0.2, 0.25) is 0 Å². The van der Waals surface area contributed by atoms with Crippen molar-refractivity contribution in [3.63, 3.8) is 0 Å². The lowest BCUT2D eigenvalue weighted by atomic mass is 9.94. The molecule has 2 atom stereocenters. The number of nitrogens with one attached hydrogen (secondary N) is 1. The third-order valence-electron chi connectivity index (χ3n) is 7.54. The average Bonchev–Trinajstić information content (AvgIpc) is 2.86. The van der Waals surface area contributed by atoms with E-state index >= 15 is 0 Å². The first-order chi connectivity index (χ1) is 18.5. The first kappa shape index (κ1) is 28.4. The fraction of sp³-hybridized carbons (Fsp3) is 0.438. The van der Waals surface area contributed by atoms with Gasteiger partial charge < -0.3 is 14.8 Å². The first-order valence-electron chi connectivity index (χ1n) is 13.8. The fourth-order valence-electron chi connectivity index (χ4n) is 5.59. The topological polar surface area (TPSA) is 84.3 Å². The maximum absolute atomic E-state index is 13.9. The van der Waals surface area contributed by atoms with Crippen LogP contribution in [0.25, 0.3) is 11.1 Å². The van der Waals surface area contributed by atoms with Gasteiger partial charge in [-0.05, 0) is 86.0 Å². The molecular weight excluding hydrogens is 488 g/mol. The number of Topliss-reactive ketones (excluding diaryl/α,β-unsaturated/α-hetero) is 1. The molecule has 39 heavy (non-hydrogen) atoms. The standard InChI is InChI=1S/C32H40N4O3/c1-20(2)12-29(36-19-27-18-35(6)11-10-24(27)15-30(36)38)32(39)34-28(13-23(5)37)25-14-26(17-33-16-25)31-21(3)8-7-9-22(31)4/h7-9,14-17,19-20,28-29H,10-13,18H2,1-6H3,(H,34,39)/t28-,29-/m0/s1. The minimum Gasteiger partial charge on any atom is -0.347 e. The van der Waals surface area contributed by atoms with E-state index in [4.69, 9.17) is 0 Å². The van der Waals surface area contributed by atoms with E-state index < -0.39 is 12.1 Å². The Bertz CT molecular complexity index is 1400. The maximum Gasteiger partial charge on any atom is 0.251 e. The van der Waals surface area contributed by atoms with Crippen LogP contribution in [0.15, 0.2) is 53.7 Å². The number of carbonyl (C=O) groups is 2. The minimum atomic E-state index is -0.681. The molecule has 3 heterocycles. The molecule has 4 rings (SSSR count). The number of hydrogen-bond acceptors (Lipinski definition) is 5. The monoisotopic (exact) mass is 528 g/mol. The average molecular weight is 529 g/mol. The lowest BCUT2D eigenvalue weighted by Gasteiger charge is -2.28. The quantitative estimate of drug-likeness (QED) is 0.425. The summed E-state index contributed by atoms with van der Waals surface area (Å²) in [4.78, 5) is 46.1. The van der Waals surface area contributed by atoms with Crippen molar-refractivity contribution in [1.82, 2.24) is 19.8 Å². The Kier molecular flexibility index (Phi) is 8.80. The molecule has 0 bridgehead atoms. The van der Waals surface area contributed by atoms with Gasteiger partial charge in [-0.3, -0.25) is 19.4 Å². The van der Waals surface area contributed by atoms with Gasteiger partial charge in [0.1, 0.15) is 11.8 Å². The highest BCUT2D eigenvalue weighted by Crippen LogP contribution is 2.30. The second-order valence-electron chi connectivity index (χ2n) is 11.4. The summed E-state index contributed by atoms with van der Waals surface area (Å²) in [6, 6.07) is 8.62. The highest BCUT2D eigenvalue weighted by Gasteiger charge is 2.28. The van der Waals surface area contributed by atoms with Crippen LogP contribution in [0, 0.1) is 19.8 Å². The van der Waals surface area contributed by atoms with Crippen LogP contribution in [-0.2, 0) is 22.6 Å². The van der Waals surface area contributed by atoms with E-state index in [9.17, 15) is 14.4 Å². The Labute approximate surface area is 231 Å². The summed E-state index contributed by atoms with van der Waals surface area (Å²) in [6.07, 6.45) is 6.87. The molecule has 0 radical (unpaired) electrons. The normalized spacial score (nSPS) is 15.1. The molecule has 7 heteroatoms. The van der Waals surface area contributed by atoms with E-state index in [1.165, 1.54) is 6.92 Å². The summed E-state index contributed by atoms with van der Waals surface area (Å²) in [7, 11) is 2.06. The van der Waals surface area contributed by atoms with E-state index in [-0.39, 0.29) is 29.6 Å². The van der Waals surface area contributed by atoms with Gasteiger partial charge in [-0.15, -0.1) is 0 Å². The molecule has 1 aliphatic heterocycles. The summed E-state index contributed by atoms with van der Waals surface area (Å²) in [5, 5.41) is 3.12. The third-order valence-corrected chi connectivity index (χ3v) is 7.54. The van der Waals surface area contributed by atoms with Gasteiger partial charge in [-0.1, -0.05) is 32.0 Å². The molecule has 0 saturated heterocycles. The van der Waals surface area contributed by atoms with Crippen molar-refractivity contribution in [1.29, 1.82) is 0 Å². The Morgan fingerprint density at radius 1 is 1.08 bits per heavy atom. The van der Waals surface area contributed by atoms with Gasteiger partial charge in [0.2, 0.25) is 5.91 Å². The molecular formula is C32H40N4O3. The molecule has 1 N–H and O–H groups in total. The molecule has 206 valence electrons. The number of nitrogens with zero attached hydrogens (tertiary/aromatic N) is 3. The van der Waals surface area contributed by atoms with Gasteiger partial charge in [0.25, 0.3) is 5.56 Å². The number of benzene rings is 1. The number of rotatable bonds is 9. The number of amides is 1. The zero-order chi connectivity index (χ0) is 28.3. The lowest BCUT2D eigenvalue weighted by Crippen LogP contribution is -2.41. The lowest BCUT2D eigenvalue weighted by molar-refractivity contribution is -0.126. The van der Waals surface area contributed by atoms with Gasteiger partial charge in [0, 0.05) is 49.7 Å². The molecule has 7 nitrogen and oxygen atoms in total. The van der Waals surface area contributed by atoms with Crippen molar-refractivity contribution in [3.8, 4) is 11.1 Å². The van der Waals surface area contributed by atoms with Crippen molar-refractivity contribution in [2.24, 2.45) is 5.92 Å². The Balaban J connectivity index is 1.69. The minimum absolute atomic E-state index is 0.0350. The number of pyridine rings is 2. The van der Waals surface area contributed by atoms with Crippen molar-refractivity contribution in [3.05, 3.63) is 87.1 Å². The van der Waals surface area contributed by atoms with Crippen LogP contribution < -0.4 is 10.9 Å². The Hall–Kier alpha value is -3.58. The smallest absolute Gasteiger partial charge is 0.251 e. The number of aryl methyl sites for hydroxylation is 2. The van der Waals surface area contributed by atoms with Gasteiger partial charge in [0.15, 0.2) is 0 Å². The summed E-state index contributed by atoms with van der Waals surface area (Å²) in [5.74, 6) is -0.113. The van der Waals surface area contributed by atoms with Crippen LogP contribution in [-0.4, -0.2) is 39.7 Å². The fourth-order valence-corrected chi connectivity index (χ4v) is 5.59. The molecule has 3 aromatic rings. The van der Waals surface area contributed by atoms with E-state index in [0.717, 1.165) is 58.5 Å². The van der Waals surface area contributed by atoms with E-state index in [0.29, 0.717) is 6.42 Å². The second kappa shape index (κ2) is 12.1. The third kappa shape index (κ3) is 6.71. The van der Waals surface area contributed by atoms with Crippen molar-refractivity contribution in [2.45, 2.75) is 72.5 Å². The number of fused-ring (bicyclic) bond motifs is 1. The zero-order valence-corrected chi connectivity index (χ0v) is 24.0. The van der Waals surface area contributed by atoms with Gasteiger partial charge in [-0.2, -0.15) is 0 Å². The van der Waals surface area contributed by atoms with E-state index in [2.05, 4.69) is 48.2 Å². The number of likely N-dealkylation sites (N-methyl/N-ethyl adjacent to an activating group) is 1. The number of carbonyl (C=O) groups excluding carboxylic acids is 2. The summed E-state index contributed by atoms with van der Waals surface area (Å²) < 4.78 is 1.59. The summed E-state index contributed by atoms with van der Waals surface area (Å²) >= 11 is 0. The highest BCUT2D eigenvalue weighted by molar-refractivity contribution is 5.83. The second-order valence-corrected chi connectivity index (χ2v) is 11.4. The predicted molar refractivity (Wildman–Crippen MR) is 155 cm³/mol. The van der Waals surface area contributed by atoms with Crippen molar-refractivity contribution < 1.29 is 9.59 Å². The predicted octanol–water partition coefficient (Wildman–Crippen LogP) is 4.94. The molecule has 1 amide bonds. The first-order valence-corrected chi connectivity index (χ1v) is 13.8. The maximum atomic E-state index is 13.9. The van der Waals surface area contributed by atoms with Crippen molar-refractivity contribution >= 4 is 11.7 Å². The number of hydrogen-bond donors (Lipinski definition) is 1. The molecule has 0 fully saturated rings. The van der Waals surface area contributed by atoms with Gasteiger partial charge in [0.05, 0.1) is 6.04 Å². The number of aromatic nitrogens is 2. The highest BCUT2D eigenvalue weighted by atomic mass is 16.2. The van der Waals surface area contributed by atoms with Crippen LogP contribution >= 0.6 is 0 Å². The molecule has 0 saturated carbocycles. The Morgan fingerprint density at radius 3 is 2.46 bits per heavy atom. The van der Waals surface area contributed by atoms with Crippen LogP contribution in [0.3, 0.4) is 0 Å². The van der Waals surface area contributed by atoms with Crippen LogP contribution in [0.1, 0.15) is 73.5 Å². The molecule has 0 spiro atoms. The zero-order valence-electron chi connectivity index (χ0n) is 24.0. The SMILES string of the molecule is CC(=O)C[C@H](NC(=O)[C@H](CC(C)C)n1cc2c(cc1=O)CCN(C)C2)c1cncc(-c2c(C)cccc2C)c1. The van der Waals surface area contributed by atoms with Gasteiger partial charge in [-0.25, -0.2) is 0 Å². The largest absolute Gasteiger partial charge is 0.347 e. The molecule has 0 aliphatic carbocycles. The molecule has 1 aromatic carbocycles. The van der Waals surface area contributed by atoms with Gasteiger partial charge >= 0.3 is 0 Å². The van der Waals surface area contributed by atoms with Crippen molar-refractivity contribution in [2.75, 3.05) is 13.6 Å². The van der Waals surface area contributed by atoms with Crippen LogP contribution in [0.4, 0.5) is 0 Å². The summed E-state index contributed by atoms with van der Waals surface area (Å²) in [5.41, 5.74) is 7.05. The molecule has 1 aliphatic rings. The molecule has 0 unspecified atom stereocenters. The summed E-state index contributed by atoms with van der Waals surface area (Å²) in [6.45, 7) is 11.4. The Morgan fingerprint density at radius 2 is 1.79 bits per heavy atom. The van der Waals surface area contributed by atoms with Crippen LogP contribution in [0.5, 0.6) is 0 Å². The number of ketones is 1. The molecule has 2 aromatic heterocycles. The van der Waals surface area contributed by atoms with E-state index in [1.54, 1.807) is 16.8 Å². The van der Waals surface area contributed by atoms with E-state index in [1.807, 2.05) is 38.4 Å².